The van der Waals surface area contributed by atoms with Crippen molar-refractivity contribution in [3.63, 3.8) is 0 Å². The molecule has 0 radical (unpaired) electrons. The summed E-state index contributed by atoms with van der Waals surface area (Å²) in [5.74, 6) is -1.15. The summed E-state index contributed by atoms with van der Waals surface area (Å²) < 4.78 is 29.6. The van der Waals surface area contributed by atoms with Gasteiger partial charge in [-0.2, -0.15) is 0 Å². The molecule has 28 heavy (non-hydrogen) atoms. The third kappa shape index (κ3) is 4.05. The summed E-state index contributed by atoms with van der Waals surface area (Å²) >= 11 is 0. The Morgan fingerprint density at radius 2 is 1.75 bits per heavy atom. The van der Waals surface area contributed by atoms with Gasteiger partial charge < -0.3 is 14.6 Å². The highest BCUT2D eigenvalue weighted by Gasteiger charge is 2.22. The maximum Gasteiger partial charge on any atom is 0.341 e. The highest BCUT2D eigenvalue weighted by Crippen LogP contribution is 2.21. The van der Waals surface area contributed by atoms with Gasteiger partial charge in [-0.25, -0.2) is 18.4 Å². The van der Waals surface area contributed by atoms with Crippen LogP contribution in [0.4, 0.5) is 5.69 Å². The fraction of sp³-hybridized carbons (Fsp3) is 0.158. The minimum atomic E-state index is -3.81. The molecule has 0 bridgehead atoms. The quantitative estimate of drug-likeness (QED) is 0.634. The number of anilines is 1. The molecule has 3 aromatic rings. The van der Waals surface area contributed by atoms with Crippen LogP contribution in [0, 0.1) is 0 Å². The Morgan fingerprint density at radius 3 is 2.39 bits per heavy atom. The van der Waals surface area contributed by atoms with Crippen LogP contribution >= 0.6 is 0 Å². The van der Waals surface area contributed by atoms with Crippen molar-refractivity contribution >= 4 is 38.5 Å². The van der Waals surface area contributed by atoms with E-state index < -0.39 is 28.0 Å². The summed E-state index contributed by atoms with van der Waals surface area (Å²) in [7, 11) is -1.99. The van der Waals surface area contributed by atoms with Crippen molar-refractivity contribution in [2.45, 2.75) is 17.9 Å². The molecule has 1 aromatic heterocycles. The van der Waals surface area contributed by atoms with E-state index in [2.05, 4.69) is 5.32 Å². The summed E-state index contributed by atoms with van der Waals surface area (Å²) in [6.45, 7) is 1.46. The number of rotatable bonds is 5. The minimum absolute atomic E-state index is 0.0686. The Morgan fingerprint density at radius 1 is 1.11 bits per heavy atom. The van der Waals surface area contributed by atoms with Gasteiger partial charge in [0.1, 0.15) is 0 Å². The zero-order chi connectivity index (χ0) is 20.5. The molecule has 0 aliphatic heterocycles. The van der Waals surface area contributed by atoms with Gasteiger partial charge in [-0.15, -0.1) is 0 Å². The SMILES string of the molecule is C[C@@H](OC(=O)c1cn(C)c2ccccc12)C(=O)Nc1ccc(S(N)(=O)=O)cc1. The number of hydrogen-bond donors (Lipinski definition) is 2. The Bertz CT molecular complexity index is 1150. The largest absolute Gasteiger partial charge is 0.449 e. The molecule has 9 heteroatoms. The van der Waals surface area contributed by atoms with Crippen molar-refractivity contribution < 1.29 is 22.7 Å². The van der Waals surface area contributed by atoms with Gasteiger partial charge in [0.25, 0.3) is 5.91 Å². The molecule has 146 valence electrons. The molecule has 8 nitrogen and oxygen atoms in total. The topological polar surface area (TPSA) is 120 Å². The number of esters is 1. The number of nitrogens with two attached hydrogens (primary N) is 1. The van der Waals surface area contributed by atoms with Crippen molar-refractivity contribution in [1.82, 2.24) is 4.57 Å². The fourth-order valence-electron chi connectivity index (χ4n) is 2.75. The molecule has 1 amide bonds. The Labute approximate surface area is 162 Å². The summed E-state index contributed by atoms with van der Waals surface area (Å²) in [6.07, 6.45) is 0.605. The van der Waals surface area contributed by atoms with Gasteiger partial charge in [0.2, 0.25) is 10.0 Å². The zero-order valence-electron chi connectivity index (χ0n) is 15.2. The van der Waals surface area contributed by atoms with Crippen molar-refractivity contribution in [2.75, 3.05) is 5.32 Å². The number of nitrogens with zero attached hydrogens (tertiary/aromatic N) is 1. The van der Waals surface area contributed by atoms with E-state index in [-0.39, 0.29) is 4.90 Å². The molecule has 3 rings (SSSR count). The summed E-state index contributed by atoms with van der Waals surface area (Å²) in [6, 6.07) is 12.7. The average molecular weight is 401 g/mol. The molecule has 0 saturated carbocycles. The number of aromatic nitrogens is 1. The van der Waals surface area contributed by atoms with Crippen LogP contribution in [0.1, 0.15) is 17.3 Å². The molecular formula is C19H19N3O5S. The van der Waals surface area contributed by atoms with Crippen LogP contribution in [0.3, 0.4) is 0 Å². The van der Waals surface area contributed by atoms with Crippen LogP contribution in [0.5, 0.6) is 0 Å². The fourth-order valence-corrected chi connectivity index (χ4v) is 3.27. The van der Waals surface area contributed by atoms with Gasteiger partial charge in [0.05, 0.1) is 10.5 Å². The van der Waals surface area contributed by atoms with Crippen LogP contribution in [-0.2, 0) is 26.6 Å². The number of ether oxygens (including phenoxy) is 1. The monoisotopic (exact) mass is 401 g/mol. The highest BCUT2D eigenvalue weighted by atomic mass is 32.2. The minimum Gasteiger partial charge on any atom is -0.449 e. The first-order valence-corrected chi connectivity index (χ1v) is 9.90. The number of benzene rings is 2. The normalized spacial score (nSPS) is 12.5. The predicted octanol–water partition coefficient (Wildman–Crippen LogP) is 2.01. The second kappa shape index (κ2) is 7.45. The van der Waals surface area contributed by atoms with E-state index in [9.17, 15) is 18.0 Å². The molecule has 2 aromatic carbocycles. The third-order valence-corrected chi connectivity index (χ3v) is 5.15. The number of primary sulfonamides is 1. The predicted molar refractivity (Wildman–Crippen MR) is 104 cm³/mol. The number of hydrogen-bond acceptors (Lipinski definition) is 5. The smallest absolute Gasteiger partial charge is 0.341 e. The maximum atomic E-state index is 12.5. The molecule has 0 spiro atoms. The number of fused-ring (bicyclic) bond motifs is 1. The van der Waals surface area contributed by atoms with Crippen LogP contribution < -0.4 is 10.5 Å². The lowest BCUT2D eigenvalue weighted by atomic mass is 10.2. The molecular weight excluding hydrogens is 382 g/mol. The lowest BCUT2D eigenvalue weighted by Crippen LogP contribution is -2.30. The second-order valence-corrected chi connectivity index (χ2v) is 7.84. The number of amides is 1. The van der Waals surface area contributed by atoms with Gasteiger partial charge in [0, 0.05) is 29.8 Å². The van der Waals surface area contributed by atoms with Gasteiger partial charge in [-0.3, -0.25) is 4.79 Å². The van der Waals surface area contributed by atoms with E-state index in [1.807, 2.05) is 35.9 Å². The summed E-state index contributed by atoms with van der Waals surface area (Å²) in [5.41, 5.74) is 1.60. The molecule has 0 fully saturated rings. The maximum absolute atomic E-state index is 12.5. The Balaban J connectivity index is 1.69. The Kier molecular flexibility index (Phi) is 5.21. The van der Waals surface area contributed by atoms with Gasteiger partial charge in [-0.05, 0) is 37.3 Å². The van der Waals surface area contributed by atoms with E-state index in [0.29, 0.717) is 11.3 Å². The molecule has 0 aliphatic carbocycles. The first kappa shape index (κ1) is 19.6. The molecule has 0 unspecified atom stereocenters. The molecule has 0 saturated heterocycles. The van der Waals surface area contributed by atoms with Crippen molar-refractivity contribution in [3.8, 4) is 0 Å². The highest BCUT2D eigenvalue weighted by molar-refractivity contribution is 7.89. The van der Waals surface area contributed by atoms with E-state index in [1.54, 1.807) is 6.20 Å². The first-order valence-electron chi connectivity index (χ1n) is 8.35. The van der Waals surface area contributed by atoms with Gasteiger partial charge >= 0.3 is 5.97 Å². The third-order valence-electron chi connectivity index (χ3n) is 4.22. The van der Waals surface area contributed by atoms with Crippen molar-refractivity contribution in [3.05, 3.63) is 60.3 Å². The lowest BCUT2D eigenvalue weighted by Gasteiger charge is -2.13. The number of carbonyl (C=O) groups is 2. The first-order chi connectivity index (χ1) is 13.2. The number of sulfonamides is 1. The number of carbonyl (C=O) groups excluding carboxylic acids is 2. The lowest BCUT2D eigenvalue weighted by molar-refractivity contribution is -0.123. The zero-order valence-corrected chi connectivity index (χ0v) is 16.1. The molecule has 1 heterocycles. The molecule has 3 N–H and O–H groups in total. The van der Waals surface area contributed by atoms with Gasteiger partial charge in [-0.1, -0.05) is 18.2 Å². The molecule has 0 aliphatic rings. The van der Waals surface area contributed by atoms with E-state index in [4.69, 9.17) is 9.88 Å². The summed E-state index contributed by atoms with van der Waals surface area (Å²) in [5, 5.41) is 8.33. The van der Waals surface area contributed by atoms with E-state index in [1.165, 1.54) is 31.2 Å². The van der Waals surface area contributed by atoms with Crippen LogP contribution in [0.2, 0.25) is 0 Å². The standard InChI is InChI=1S/C19H19N3O5S/c1-12(18(23)21-13-7-9-14(10-8-13)28(20,25)26)27-19(24)16-11-22(2)17-6-4-3-5-15(16)17/h3-12H,1-2H3,(H,21,23)(H2,20,25,26)/t12-/m1/s1. The van der Waals surface area contributed by atoms with Crippen LogP contribution in [0.15, 0.2) is 59.6 Å². The van der Waals surface area contributed by atoms with Crippen LogP contribution in [-0.4, -0.2) is 31.0 Å². The van der Waals surface area contributed by atoms with Crippen molar-refractivity contribution in [2.24, 2.45) is 12.2 Å². The van der Waals surface area contributed by atoms with Crippen LogP contribution in [0.25, 0.3) is 10.9 Å². The number of aryl methyl sites for hydroxylation is 1. The number of nitrogens with one attached hydrogen (secondary N) is 1. The average Bonchev–Trinajstić information content (AvgIpc) is 2.98. The summed E-state index contributed by atoms with van der Waals surface area (Å²) in [4.78, 5) is 24.7. The Hall–Kier alpha value is -3.17. The van der Waals surface area contributed by atoms with Gasteiger partial charge in [0.15, 0.2) is 6.10 Å². The number of para-hydroxylation sites is 1. The van der Waals surface area contributed by atoms with E-state index in [0.717, 1.165) is 10.9 Å². The second-order valence-electron chi connectivity index (χ2n) is 6.28. The molecule has 1 atom stereocenters. The van der Waals surface area contributed by atoms with E-state index >= 15 is 0 Å². The van der Waals surface area contributed by atoms with Crippen molar-refractivity contribution in [1.29, 1.82) is 0 Å².